The lowest BCUT2D eigenvalue weighted by molar-refractivity contribution is 0.199. The van der Waals surface area contributed by atoms with Gasteiger partial charge in [-0.05, 0) is 5.21 Å². The van der Waals surface area contributed by atoms with Gasteiger partial charge in [0.1, 0.15) is 6.54 Å². The molecular weight excluding hydrogens is 234 g/mol. The molecule has 18 heavy (non-hydrogen) atoms. The fraction of sp³-hybridized carbons (Fsp3) is 0.600. The molecule has 0 aliphatic rings. The maximum absolute atomic E-state index is 4.96. The molecule has 0 fully saturated rings. The Morgan fingerprint density at radius 3 is 3.06 bits per heavy atom. The Balaban J connectivity index is 1.82. The fourth-order valence-corrected chi connectivity index (χ4v) is 1.52. The molecule has 0 aliphatic carbocycles. The number of ether oxygens (including phenoxy) is 1. The van der Waals surface area contributed by atoms with E-state index in [0.717, 1.165) is 18.7 Å². The molecule has 2 rings (SSSR count). The molecule has 1 N–H and O–H groups in total. The van der Waals surface area contributed by atoms with Gasteiger partial charge in [0.15, 0.2) is 5.82 Å². The molecule has 98 valence electrons. The van der Waals surface area contributed by atoms with Crippen molar-refractivity contribution >= 4 is 0 Å². The zero-order valence-electron chi connectivity index (χ0n) is 10.6. The first-order chi connectivity index (χ1) is 8.78. The summed E-state index contributed by atoms with van der Waals surface area (Å²) in [6, 6.07) is 0. The minimum absolute atomic E-state index is 0.534. The first-order valence-electron chi connectivity index (χ1n) is 5.72. The second-order valence-corrected chi connectivity index (χ2v) is 3.91. The van der Waals surface area contributed by atoms with Gasteiger partial charge in [0.2, 0.25) is 0 Å². The van der Waals surface area contributed by atoms with Gasteiger partial charge in [-0.15, -0.1) is 10.2 Å². The predicted molar refractivity (Wildman–Crippen MR) is 63.7 cm³/mol. The number of nitrogens with zero attached hydrogens (tertiary/aromatic N) is 6. The highest BCUT2D eigenvalue weighted by Crippen LogP contribution is 1.99. The number of tetrazole rings is 1. The van der Waals surface area contributed by atoms with Crippen LogP contribution in [0, 0.1) is 0 Å². The summed E-state index contributed by atoms with van der Waals surface area (Å²) in [5, 5.41) is 19.3. The predicted octanol–water partition coefficient (Wildman–Crippen LogP) is -0.809. The molecule has 0 unspecified atom stereocenters. The van der Waals surface area contributed by atoms with E-state index in [0.29, 0.717) is 19.0 Å². The van der Waals surface area contributed by atoms with Gasteiger partial charge >= 0.3 is 0 Å². The van der Waals surface area contributed by atoms with Crippen molar-refractivity contribution in [2.24, 2.45) is 7.05 Å². The van der Waals surface area contributed by atoms with Crippen LogP contribution < -0.4 is 5.32 Å². The molecule has 0 atom stereocenters. The number of aromatic nitrogens is 6. The molecule has 0 bridgehead atoms. The van der Waals surface area contributed by atoms with Crippen LogP contribution in [0.25, 0.3) is 0 Å². The van der Waals surface area contributed by atoms with Crippen LogP contribution in [0.15, 0.2) is 12.4 Å². The minimum Gasteiger partial charge on any atom is -0.383 e. The summed E-state index contributed by atoms with van der Waals surface area (Å²) in [5.41, 5.74) is 1.12. The topological polar surface area (TPSA) is 82.7 Å². The van der Waals surface area contributed by atoms with Crippen LogP contribution in [0.1, 0.15) is 11.4 Å². The molecular formula is C10H17N7O. The second kappa shape index (κ2) is 6.22. The number of nitrogens with one attached hydrogen (secondary N) is 1. The summed E-state index contributed by atoms with van der Waals surface area (Å²) in [4.78, 5) is 1.44. The van der Waals surface area contributed by atoms with Crippen LogP contribution >= 0.6 is 0 Å². The van der Waals surface area contributed by atoms with Crippen molar-refractivity contribution in [1.82, 2.24) is 35.3 Å². The third kappa shape index (κ3) is 3.60. The zero-order chi connectivity index (χ0) is 12.8. The summed E-state index contributed by atoms with van der Waals surface area (Å²) in [6.45, 7) is 2.84. The van der Waals surface area contributed by atoms with Crippen molar-refractivity contribution in [3.05, 3.63) is 23.8 Å². The SMILES string of the molecule is COCCNCc1cnn(Cc2nnn(C)n2)c1. The first-order valence-corrected chi connectivity index (χ1v) is 5.72. The van der Waals surface area contributed by atoms with Gasteiger partial charge in [-0.25, -0.2) is 0 Å². The lowest BCUT2D eigenvalue weighted by atomic mass is 10.3. The smallest absolute Gasteiger partial charge is 0.196 e. The second-order valence-electron chi connectivity index (χ2n) is 3.91. The van der Waals surface area contributed by atoms with E-state index in [4.69, 9.17) is 4.74 Å². The molecule has 0 saturated heterocycles. The normalized spacial score (nSPS) is 11.0. The summed E-state index contributed by atoms with van der Waals surface area (Å²) in [5.74, 6) is 0.652. The molecule has 0 aliphatic heterocycles. The molecule has 2 heterocycles. The monoisotopic (exact) mass is 251 g/mol. The molecule has 8 nitrogen and oxygen atoms in total. The summed E-state index contributed by atoms with van der Waals surface area (Å²) < 4.78 is 6.75. The molecule has 2 aromatic rings. The Morgan fingerprint density at radius 1 is 1.44 bits per heavy atom. The third-order valence-electron chi connectivity index (χ3n) is 2.35. The van der Waals surface area contributed by atoms with Crippen molar-refractivity contribution in [3.63, 3.8) is 0 Å². The Labute approximate surface area is 105 Å². The quantitative estimate of drug-likeness (QED) is 0.648. The van der Waals surface area contributed by atoms with E-state index < -0.39 is 0 Å². The van der Waals surface area contributed by atoms with Crippen molar-refractivity contribution in [2.45, 2.75) is 13.1 Å². The van der Waals surface area contributed by atoms with Gasteiger partial charge in [0.25, 0.3) is 0 Å². The first kappa shape index (κ1) is 12.7. The van der Waals surface area contributed by atoms with Crippen LogP contribution in [0.4, 0.5) is 0 Å². The summed E-state index contributed by atoms with van der Waals surface area (Å²) in [7, 11) is 3.43. The average molecular weight is 251 g/mol. The number of hydrogen-bond donors (Lipinski definition) is 1. The number of hydrogen-bond acceptors (Lipinski definition) is 6. The molecule has 0 radical (unpaired) electrons. The Kier molecular flexibility index (Phi) is 4.37. The highest BCUT2D eigenvalue weighted by Gasteiger charge is 2.03. The molecule has 0 spiro atoms. The average Bonchev–Trinajstić information content (AvgIpc) is 2.95. The van der Waals surface area contributed by atoms with Crippen molar-refractivity contribution in [2.75, 3.05) is 20.3 Å². The number of rotatable bonds is 7. The van der Waals surface area contributed by atoms with Crippen molar-refractivity contribution in [1.29, 1.82) is 0 Å². The molecule has 0 saturated carbocycles. The molecule has 8 heteroatoms. The Bertz CT molecular complexity index is 478. The highest BCUT2D eigenvalue weighted by molar-refractivity contribution is 5.04. The highest BCUT2D eigenvalue weighted by atomic mass is 16.5. The summed E-state index contributed by atoms with van der Waals surface area (Å²) >= 11 is 0. The molecule has 0 amide bonds. The van der Waals surface area contributed by atoms with Crippen LogP contribution in [-0.4, -0.2) is 50.2 Å². The van der Waals surface area contributed by atoms with Gasteiger partial charge in [-0.1, -0.05) is 0 Å². The Hall–Kier alpha value is -1.80. The van der Waals surface area contributed by atoms with E-state index in [1.165, 1.54) is 4.80 Å². The lowest BCUT2D eigenvalue weighted by Crippen LogP contribution is -2.18. The van der Waals surface area contributed by atoms with E-state index in [9.17, 15) is 0 Å². The largest absolute Gasteiger partial charge is 0.383 e. The van der Waals surface area contributed by atoms with E-state index in [2.05, 4.69) is 25.8 Å². The van der Waals surface area contributed by atoms with Crippen LogP contribution in [0.5, 0.6) is 0 Å². The van der Waals surface area contributed by atoms with Crippen LogP contribution in [0.2, 0.25) is 0 Å². The zero-order valence-corrected chi connectivity index (χ0v) is 10.6. The van der Waals surface area contributed by atoms with Gasteiger partial charge in [0.05, 0.1) is 19.9 Å². The fourth-order valence-electron chi connectivity index (χ4n) is 1.52. The maximum atomic E-state index is 4.96. The number of aryl methyl sites for hydroxylation is 1. The minimum atomic E-state index is 0.534. The van der Waals surface area contributed by atoms with Gasteiger partial charge in [-0.2, -0.15) is 9.90 Å². The lowest BCUT2D eigenvalue weighted by Gasteiger charge is -2.00. The maximum Gasteiger partial charge on any atom is 0.196 e. The summed E-state index contributed by atoms with van der Waals surface area (Å²) in [6.07, 6.45) is 3.80. The third-order valence-corrected chi connectivity index (χ3v) is 2.35. The number of methoxy groups -OCH3 is 1. The van der Waals surface area contributed by atoms with Crippen LogP contribution in [0.3, 0.4) is 0 Å². The van der Waals surface area contributed by atoms with E-state index in [-0.39, 0.29) is 0 Å². The molecule has 2 aromatic heterocycles. The van der Waals surface area contributed by atoms with Gasteiger partial charge < -0.3 is 10.1 Å². The molecule has 0 aromatic carbocycles. The standard InChI is InChI=1S/C10H17N7O/c1-16-14-10(13-15-16)8-17-7-9(6-12-17)5-11-3-4-18-2/h6-7,11H,3-5,8H2,1-2H3. The van der Waals surface area contributed by atoms with E-state index in [1.54, 1.807) is 18.8 Å². The van der Waals surface area contributed by atoms with Crippen LogP contribution in [-0.2, 0) is 24.9 Å². The van der Waals surface area contributed by atoms with Crippen molar-refractivity contribution < 1.29 is 4.74 Å². The van der Waals surface area contributed by atoms with Crippen molar-refractivity contribution in [3.8, 4) is 0 Å². The van der Waals surface area contributed by atoms with E-state index in [1.807, 2.05) is 12.4 Å². The van der Waals surface area contributed by atoms with Gasteiger partial charge in [0, 0.05) is 32.0 Å². The van der Waals surface area contributed by atoms with E-state index >= 15 is 0 Å². The Morgan fingerprint density at radius 2 is 2.33 bits per heavy atom. The van der Waals surface area contributed by atoms with Gasteiger partial charge in [-0.3, -0.25) is 4.68 Å².